The molecule has 1 heterocycles. The summed E-state index contributed by atoms with van der Waals surface area (Å²) in [6.45, 7) is 0.872. The van der Waals surface area contributed by atoms with Crippen molar-refractivity contribution in [2.24, 2.45) is 5.73 Å². The second-order valence-electron chi connectivity index (χ2n) is 4.17. The number of likely N-dealkylation sites (tertiary alicyclic amines) is 1. The first kappa shape index (κ1) is 11.1. The first-order chi connectivity index (χ1) is 7.66. The van der Waals surface area contributed by atoms with Crippen LogP contribution in [0.3, 0.4) is 0 Å². The number of carbonyl (C=O) groups is 1. The molecule has 0 saturated carbocycles. The van der Waals surface area contributed by atoms with Crippen LogP contribution in [0, 0.1) is 0 Å². The summed E-state index contributed by atoms with van der Waals surface area (Å²) in [7, 11) is 0. The highest BCUT2D eigenvalue weighted by Crippen LogP contribution is 2.22. The summed E-state index contributed by atoms with van der Waals surface area (Å²) in [5, 5.41) is 0. The Labute approximate surface area is 94.0 Å². The van der Waals surface area contributed by atoms with E-state index in [-0.39, 0.29) is 6.42 Å². The maximum atomic E-state index is 13.2. The molecule has 0 aromatic heterocycles. The minimum atomic E-state index is -0.943. The molecule has 2 rings (SSSR count). The van der Waals surface area contributed by atoms with E-state index < -0.39 is 18.1 Å². The third-order valence-electron chi connectivity index (χ3n) is 2.91. The molecule has 2 N–H and O–H groups in total. The Morgan fingerprint density at radius 3 is 2.75 bits per heavy atom. The molecule has 1 fully saturated rings. The fourth-order valence-electron chi connectivity index (χ4n) is 2.14. The quantitative estimate of drug-likeness (QED) is 0.832. The molecule has 1 aliphatic heterocycles. The summed E-state index contributed by atoms with van der Waals surface area (Å²) in [5.41, 5.74) is 6.33. The van der Waals surface area contributed by atoms with Crippen molar-refractivity contribution in [1.29, 1.82) is 0 Å². The summed E-state index contributed by atoms with van der Waals surface area (Å²) >= 11 is 0. The lowest BCUT2D eigenvalue weighted by atomic mass is 10.1. The van der Waals surface area contributed by atoms with Crippen molar-refractivity contribution in [1.82, 2.24) is 4.90 Å². The second-order valence-corrected chi connectivity index (χ2v) is 4.17. The van der Waals surface area contributed by atoms with Gasteiger partial charge in [-0.15, -0.1) is 0 Å². The minimum Gasteiger partial charge on any atom is -0.368 e. The molecule has 1 aromatic rings. The number of nitrogens with two attached hydrogens (primary N) is 1. The van der Waals surface area contributed by atoms with Gasteiger partial charge in [0.1, 0.15) is 6.17 Å². The van der Waals surface area contributed by atoms with Crippen molar-refractivity contribution in [2.45, 2.75) is 25.2 Å². The van der Waals surface area contributed by atoms with E-state index in [1.165, 1.54) is 0 Å². The van der Waals surface area contributed by atoms with Crippen LogP contribution in [-0.2, 0) is 11.3 Å². The smallest absolute Gasteiger partial charge is 0.234 e. The lowest BCUT2D eigenvalue weighted by Crippen LogP contribution is -2.39. The van der Waals surface area contributed by atoms with Gasteiger partial charge in [-0.2, -0.15) is 0 Å². The van der Waals surface area contributed by atoms with Gasteiger partial charge in [-0.1, -0.05) is 30.3 Å². The minimum absolute atomic E-state index is 0.224. The summed E-state index contributed by atoms with van der Waals surface area (Å²) in [5.74, 6) is -0.434. The number of amides is 1. The van der Waals surface area contributed by atoms with Gasteiger partial charge < -0.3 is 5.73 Å². The van der Waals surface area contributed by atoms with Crippen LogP contribution in [0.25, 0.3) is 0 Å². The van der Waals surface area contributed by atoms with Gasteiger partial charge in [0.05, 0.1) is 6.04 Å². The predicted molar refractivity (Wildman–Crippen MR) is 59.3 cm³/mol. The number of alkyl halides is 1. The van der Waals surface area contributed by atoms with E-state index in [0.29, 0.717) is 13.1 Å². The lowest BCUT2D eigenvalue weighted by molar-refractivity contribution is -0.122. The number of primary amides is 1. The standard InChI is InChI=1S/C12H15FN2O/c13-10-6-11(12(14)16)15(8-10)7-9-4-2-1-3-5-9/h1-5,10-11H,6-8H2,(H2,14,16)/t10?,11-/m0/s1. The maximum absolute atomic E-state index is 13.2. The van der Waals surface area contributed by atoms with E-state index >= 15 is 0 Å². The van der Waals surface area contributed by atoms with Crippen LogP contribution in [0.2, 0.25) is 0 Å². The molecular formula is C12H15FN2O. The molecule has 3 nitrogen and oxygen atoms in total. The predicted octanol–water partition coefficient (Wildman–Crippen LogP) is 1.08. The van der Waals surface area contributed by atoms with Crippen LogP contribution in [0.15, 0.2) is 30.3 Å². The number of nitrogens with zero attached hydrogens (tertiary/aromatic N) is 1. The molecule has 1 aromatic carbocycles. The third kappa shape index (κ3) is 2.39. The average Bonchev–Trinajstić information content (AvgIpc) is 2.61. The number of hydrogen-bond donors (Lipinski definition) is 1. The van der Waals surface area contributed by atoms with E-state index in [1.807, 2.05) is 35.2 Å². The Kier molecular flexibility index (Phi) is 3.19. The van der Waals surface area contributed by atoms with Crippen LogP contribution >= 0.6 is 0 Å². The molecule has 16 heavy (non-hydrogen) atoms. The Balaban J connectivity index is 2.06. The van der Waals surface area contributed by atoms with Gasteiger partial charge in [0.15, 0.2) is 0 Å². The van der Waals surface area contributed by atoms with Crippen LogP contribution < -0.4 is 5.73 Å². The Morgan fingerprint density at radius 1 is 1.44 bits per heavy atom. The highest BCUT2D eigenvalue weighted by atomic mass is 19.1. The zero-order valence-corrected chi connectivity index (χ0v) is 8.97. The number of benzene rings is 1. The van der Waals surface area contributed by atoms with Gasteiger partial charge in [0.25, 0.3) is 0 Å². The first-order valence-electron chi connectivity index (χ1n) is 5.38. The van der Waals surface area contributed by atoms with Crippen molar-refractivity contribution < 1.29 is 9.18 Å². The molecule has 1 saturated heterocycles. The fraction of sp³-hybridized carbons (Fsp3) is 0.417. The van der Waals surface area contributed by atoms with Crippen LogP contribution in [0.5, 0.6) is 0 Å². The highest BCUT2D eigenvalue weighted by Gasteiger charge is 2.35. The molecule has 4 heteroatoms. The zero-order chi connectivity index (χ0) is 11.5. The number of hydrogen-bond acceptors (Lipinski definition) is 2. The van der Waals surface area contributed by atoms with Crippen molar-refractivity contribution in [2.75, 3.05) is 6.54 Å². The average molecular weight is 222 g/mol. The summed E-state index contributed by atoms with van der Waals surface area (Å²) in [6, 6.07) is 9.25. The van der Waals surface area contributed by atoms with Crippen molar-refractivity contribution in [3.05, 3.63) is 35.9 Å². The third-order valence-corrected chi connectivity index (χ3v) is 2.91. The molecule has 86 valence electrons. The topological polar surface area (TPSA) is 46.3 Å². The van der Waals surface area contributed by atoms with Crippen LogP contribution in [0.1, 0.15) is 12.0 Å². The molecule has 0 radical (unpaired) electrons. The normalized spacial score (nSPS) is 25.8. The highest BCUT2D eigenvalue weighted by molar-refractivity contribution is 5.80. The largest absolute Gasteiger partial charge is 0.368 e. The van der Waals surface area contributed by atoms with E-state index in [9.17, 15) is 9.18 Å². The summed E-state index contributed by atoms with van der Waals surface area (Å²) < 4.78 is 13.2. The summed E-state index contributed by atoms with van der Waals surface area (Å²) in [4.78, 5) is 13.0. The van der Waals surface area contributed by atoms with Gasteiger partial charge >= 0.3 is 0 Å². The van der Waals surface area contributed by atoms with Gasteiger partial charge in [-0.25, -0.2) is 4.39 Å². The van der Waals surface area contributed by atoms with Crippen LogP contribution in [0.4, 0.5) is 4.39 Å². The van der Waals surface area contributed by atoms with Gasteiger partial charge in [-0.05, 0) is 5.56 Å². The zero-order valence-electron chi connectivity index (χ0n) is 8.97. The van der Waals surface area contributed by atoms with E-state index in [1.54, 1.807) is 0 Å². The van der Waals surface area contributed by atoms with E-state index in [0.717, 1.165) is 5.56 Å². The monoisotopic (exact) mass is 222 g/mol. The van der Waals surface area contributed by atoms with Crippen LogP contribution in [-0.4, -0.2) is 29.6 Å². The number of carbonyl (C=O) groups excluding carboxylic acids is 1. The molecule has 1 amide bonds. The number of halogens is 1. The first-order valence-corrected chi connectivity index (χ1v) is 5.38. The molecular weight excluding hydrogens is 207 g/mol. The van der Waals surface area contributed by atoms with E-state index in [2.05, 4.69) is 0 Å². The fourth-order valence-corrected chi connectivity index (χ4v) is 2.14. The lowest BCUT2D eigenvalue weighted by Gasteiger charge is -2.21. The SMILES string of the molecule is NC(=O)[C@@H]1CC(F)CN1Cc1ccccc1. The summed E-state index contributed by atoms with van der Waals surface area (Å²) in [6.07, 6.45) is -0.719. The Morgan fingerprint density at radius 2 is 2.12 bits per heavy atom. The second kappa shape index (κ2) is 4.61. The molecule has 2 atom stereocenters. The number of rotatable bonds is 3. The van der Waals surface area contributed by atoms with Crippen molar-refractivity contribution in [3.8, 4) is 0 Å². The van der Waals surface area contributed by atoms with Crippen molar-refractivity contribution in [3.63, 3.8) is 0 Å². The van der Waals surface area contributed by atoms with E-state index in [4.69, 9.17) is 5.73 Å². The molecule has 1 unspecified atom stereocenters. The Bertz CT molecular complexity index is 369. The Hall–Kier alpha value is -1.42. The molecule has 0 aliphatic carbocycles. The van der Waals surface area contributed by atoms with Gasteiger partial charge in [0, 0.05) is 19.5 Å². The molecule has 0 bridgehead atoms. The van der Waals surface area contributed by atoms with Crippen molar-refractivity contribution >= 4 is 5.91 Å². The molecule has 1 aliphatic rings. The maximum Gasteiger partial charge on any atom is 0.234 e. The van der Waals surface area contributed by atoms with Gasteiger partial charge in [0.2, 0.25) is 5.91 Å². The van der Waals surface area contributed by atoms with Gasteiger partial charge in [-0.3, -0.25) is 9.69 Å². The molecule has 0 spiro atoms.